The fourth-order valence-electron chi connectivity index (χ4n) is 3.56. The first-order chi connectivity index (χ1) is 10.1. The largest absolute Gasteiger partial charge is 0.487 e. The lowest BCUT2D eigenvalue weighted by atomic mass is 10.00. The summed E-state index contributed by atoms with van der Waals surface area (Å²) in [7, 11) is 0. The lowest BCUT2D eigenvalue weighted by Crippen LogP contribution is -2.26. The van der Waals surface area contributed by atoms with Crippen LogP contribution in [0.25, 0.3) is 0 Å². The topological polar surface area (TPSA) is 24.5 Å². The number of likely N-dealkylation sites (tertiary alicyclic amines) is 1. The van der Waals surface area contributed by atoms with Crippen LogP contribution in [0.5, 0.6) is 5.75 Å². The van der Waals surface area contributed by atoms with Gasteiger partial charge in [0, 0.05) is 19.5 Å². The van der Waals surface area contributed by atoms with E-state index in [4.69, 9.17) is 4.74 Å². The van der Waals surface area contributed by atoms with Crippen LogP contribution in [-0.4, -0.2) is 36.7 Å². The number of nitrogens with zero attached hydrogens (tertiary/aromatic N) is 1. The molecule has 21 heavy (non-hydrogen) atoms. The molecule has 0 bridgehead atoms. The van der Waals surface area contributed by atoms with Crippen molar-refractivity contribution in [1.82, 2.24) is 10.2 Å². The van der Waals surface area contributed by atoms with Crippen molar-refractivity contribution in [3.8, 4) is 5.75 Å². The van der Waals surface area contributed by atoms with Gasteiger partial charge in [-0.25, -0.2) is 0 Å². The molecule has 2 heterocycles. The number of ether oxygens (including phenoxy) is 1. The van der Waals surface area contributed by atoms with Crippen molar-refractivity contribution in [3.63, 3.8) is 0 Å². The Kier molecular flexibility index (Phi) is 4.23. The lowest BCUT2D eigenvalue weighted by Gasteiger charge is -2.16. The molecule has 0 amide bonds. The predicted octanol–water partition coefficient (Wildman–Crippen LogP) is 2.83. The standard InChI is InChI=1S/C18H28N2O/c1-4-20-8-7-15(13-20)12-19-11-14-5-6-17-16(9-14)10-18(2,3)21-17/h5-6,9,15,19H,4,7-8,10-13H2,1-3H3. The monoisotopic (exact) mass is 288 g/mol. The number of nitrogens with one attached hydrogen (secondary N) is 1. The molecule has 1 aromatic rings. The molecule has 1 atom stereocenters. The van der Waals surface area contributed by atoms with Gasteiger partial charge < -0.3 is 15.0 Å². The molecule has 0 spiro atoms. The Morgan fingerprint density at radius 1 is 1.38 bits per heavy atom. The van der Waals surface area contributed by atoms with Gasteiger partial charge in [0.25, 0.3) is 0 Å². The molecule has 116 valence electrons. The predicted molar refractivity (Wildman–Crippen MR) is 86.8 cm³/mol. The number of hydrogen-bond acceptors (Lipinski definition) is 3. The zero-order valence-corrected chi connectivity index (χ0v) is 13.6. The number of benzene rings is 1. The Bertz CT molecular complexity index is 498. The van der Waals surface area contributed by atoms with Gasteiger partial charge in [-0.05, 0) is 63.0 Å². The summed E-state index contributed by atoms with van der Waals surface area (Å²) in [6, 6.07) is 6.64. The zero-order chi connectivity index (χ0) is 14.9. The van der Waals surface area contributed by atoms with Gasteiger partial charge in [-0.2, -0.15) is 0 Å². The van der Waals surface area contributed by atoms with Gasteiger partial charge in [0.2, 0.25) is 0 Å². The molecule has 0 saturated carbocycles. The van der Waals surface area contributed by atoms with Crippen LogP contribution in [0.2, 0.25) is 0 Å². The summed E-state index contributed by atoms with van der Waals surface area (Å²) in [5.74, 6) is 1.89. The highest BCUT2D eigenvalue weighted by Gasteiger charge is 2.29. The van der Waals surface area contributed by atoms with E-state index < -0.39 is 0 Å². The first kappa shape index (κ1) is 14.9. The van der Waals surface area contributed by atoms with Crippen molar-refractivity contribution < 1.29 is 4.74 Å². The van der Waals surface area contributed by atoms with Gasteiger partial charge in [-0.3, -0.25) is 0 Å². The Hall–Kier alpha value is -1.06. The van der Waals surface area contributed by atoms with Crippen molar-refractivity contribution in [1.29, 1.82) is 0 Å². The average molecular weight is 288 g/mol. The molecular weight excluding hydrogens is 260 g/mol. The Morgan fingerprint density at radius 3 is 3.00 bits per heavy atom. The summed E-state index contributed by atoms with van der Waals surface area (Å²) in [6.45, 7) is 12.4. The maximum absolute atomic E-state index is 5.93. The van der Waals surface area contributed by atoms with E-state index in [-0.39, 0.29) is 5.60 Å². The van der Waals surface area contributed by atoms with Crippen LogP contribution < -0.4 is 10.1 Å². The van der Waals surface area contributed by atoms with E-state index in [9.17, 15) is 0 Å². The number of fused-ring (bicyclic) bond motifs is 1. The highest BCUT2D eigenvalue weighted by molar-refractivity contribution is 5.41. The third-order valence-electron chi connectivity index (χ3n) is 4.71. The fourth-order valence-corrected chi connectivity index (χ4v) is 3.56. The second-order valence-electron chi connectivity index (χ2n) is 7.16. The summed E-state index contributed by atoms with van der Waals surface area (Å²) in [6.07, 6.45) is 2.36. The summed E-state index contributed by atoms with van der Waals surface area (Å²) >= 11 is 0. The van der Waals surface area contributed by atoms with Crippen LogP contribution in [0, 0.1) is 5.92 Å². The van der Waals surface area contributed by atoms with Crippen LogP contribution in [-0.2, 0) is 13.0 Å². The van der Waals surface area contributed by atoms with E-state index in [0.717, 1.165) is 31.2 Å². The Morgan fingerprint density at radius 2 is 2.24 bits per heavy atom. The molecule has 1 fully saturated rings. The van der Waals surface area contributed by atoms with Gasteiger partial charge in [-0.15, -0.1) is 0 Å². The van der Waals surface area contributed by atoms with Crippen molar-refractivity contribution in [2.24, 2.45) is 5.92 Å². The summed E-state index contributed by atoms with van der Waals surface area (Å²) < 4.78 is 5.93. The van der Waals surface area contributed by atoms with Crippen LogP contribution >= 0.6 is 0 Å². The minimum Gasteiger partial charge on any atom is -0.487 e. The summed E-state index contributed by atoms with van der Waals surface area (Å²) in [5.41, 5.74) is 2.69. The maximum atomic E-state index is 5.93. The highest BCUT2D eigenvalue weighted by Crippen LogP contribution is 2.35. The summed E-state index contributed by atoms with van der Waals surface area (Å²) in [5, 5.41) is 3.63. The van der Waals surface area contributed by atoms with Crippen LogP contribution in [0.1, 0.15) is 38.3 Å². The van der Waals surface area contributed by atoms with E-state index >= 15 is 0 Å². The van der Waals surface area contributed by atoms with E-state index in [0.29, 0.717) is 0 Å². The molecule has 0 aliphatic carbocycles. The van der Waals surface area contributed by atoms with Gasteiger partial charge in [0.1, 0.15) is 11.4 Å². The van der Waals surface area contributed by atoms with Crippen LogP contribution in [0.4, 0.5) is 0 Å². The quantitative estimate of drug-likeness (QED) is 0.901. The third-order valence-corrected chi connectivity index (χ3v) is 4.71. The molecular formula is C18H28N2O. The molecule has 1 aromatic carbocycles. The molecule has 1 unspecified atom stereocenters. The molecule has 0 radical (unpaired) electrons. The Balaban J connectivity index is 1.49. The van der Waals surface area contributed by atoms with Gasteiger partial charge >= 0.3 is 0 Å². The van der Waals surface area contributed by atoms with Crippen molar-refractivity contribution >= 4 is 0 Å². The second-order valence-corrected chi connectivity index (χ2v) is 7.16. The molecule has 2 aliphatic heterocycles. The smallest absolute Gasteiger partial charge is 0.123 e. The maximum Gasteiger partial charge on any atom is 0.123 e. The molecule has 0 aromatic heterocycles. The minimum atomic E-state index is -0.0398. The van der Waals surface area contributed by atoms with Crippen molar-refractivity contribution in [2.75, 3.05) is 26.2 Å². The molecule has 3 heteroatoms. The van der Waals surface area contributed by atoms with Crippen LogP contribution in [0.15, 0.2) is 18.2 Å². The molecule has 3 nitrogen and oxygen atoms in total. The Labute approximate surface area is 128 Å². The van der Waals surface area contributed by atoms with Gasteiger partial charge in [-0.1, -0.05) is 19.1 Å². The second kappa shape index (κ2) is 5.98. The average Bonchev–Trinajstić information content (AvgIpc) is 3.00. The number of rotatable bonds is 5. The zero-order valence-electron chi connectivity index (χ0n) is 13.6. The van der Waals surface area contributed by atoms with Crippen molar-refractivity contribution in [3.05, 3.63) is 29.3 Å². The normalized spacial score (nSPS) is 24.0. The fraction of sp³-hybridized carbons (Fsp3) is 0.667. The molecule has 3 rings (SSSR count). The SMILES string of the molecule is CCN1CCC(CNCc2ccc3c(c2)CC(C)(C)O3)C1. The number of hydrogen-bond donors (Lipinski definition) is 1. The first-order valence-corrected chi connectivity index (χ1v) is 8.29. The van der Waals surface area contributed by atoms with E-state index in [1.807, 2.05) is 0 Å². The first-order valence-electron chi connectivity index (χ1n) is 8.29. The van der Waals surface area contributed by atoms with E-state index in [1.54, 1.807) is 0 Å². The third kappa shape index (κ3) is 3.58. The highest BCUT2D eigenvalue weighted by atomic mass is 16.5. The van der Waals surface area contributed by atoms with E-state index in [2.05, 4.69) is 49.2 Å². The van der Waals surface area contributed by atoms with Crippen LogP contribution in [0.3, 0.4) is 0 Å². The van der Waals surface area contributed by atoms with E-state index in [1.165, 1.54) is 37.2 Å². The van der Waals surface area contributed by atoms with Crippen molar-refractivity contribution in [2.45, 2.75) is 45.8 Å². The minimum absolute atomic E-state index is 0.0398. The van der Waals surface area contributed by atoms with Gasteiger partial charge in [0.05, 0.1) is 0 Å². The molecule has 2 aliphatic rings. The van der Waals surface area contributed by atoms with Gasteiger partial charge in [0.15, 0.2) is 0 Å². The molecule has 1 saturated heterocycles. The summed E-state index contributed by atoms with van der Waals surface area (Å²) in [4.78, 5) is 2.54. The molecule has 1 N–H and O–H groups in total. The lowest BCUT2D eigenvalue weighted by molar-refractivity contribution is 0.138.